The number of nitrogens with one attached hydrogen (secondary N) is 2. The van der Waals surface area contributed by atoms with Gasteiger partial charge in [-0.1, -0.05) is 30.3 Å². The second-order valence-corrected chi connectivity index (χ2v) is 9.60. The lowest BCUT2D eigenvalue weighted by Crippen LogP contribution is -2.16. The van der Waals surface area contributed by atoms with E-state index in [1.54, 1.807) is 17.6 Å². The summed E-state index contributed by atoms with van der Waals surface area (Å²) in [6, 6.07) is 18.5. The van der Waals surface area contributed by atoms with Crippen molar-refractivity contribution < 1.29 is 18.0 Å². The Bertz CT molecular complexity index is 1670. The zero-order valence-corrected chi connectivity index (χ0v) is 21.0. The maximum atomic E-state index is 13.8. The number of benzene rings is 2. The average Bonchev–Trinajstić information content (AvgIpc) is 3.69. The molecule has 0 saturated carbocycles. The summed E-state index contributed by atoms with van der Waals surface area (Å²) in [6.45, 7) is 0.967. The number of carbonyl (C=O) groups is 1. The first-order chi connectivity index (χ1) is 18.8. The smallest absolute Gasteiger partial charge is 0.310 e. The predicted octanol–water partition coefficient (Wildman–Crippen LogP) is 6.10. The maximum absolute atomic E-state index is 13.8. The van der Waals surface area contributed by atoms with Crippen molar-refractivity contribution in [2.24, 2.45) is 7.05 Å². The van der Waals surface area contributed by atoms with Crippen molar-refractivity contribution in [2.45, 2.75) is 25.1 Å². The van der Waals surface area contributed by atoms with Gasteiger partial charge in [0.25, 0.3) is 5.91 Å². The highest BCUT2D eigenvalue weighted by molar-refractivity contribution is 6.06. The molecule has 1 atom stereocenters. The molecule has 0 aliphatic carbocycles. The number of aromatic nitrogens is 4. The van der Waals surface area contributed by atoms with Gasteiger partial charge in [0.15, 0.2) is 0 Å². The molecule has 10 heteroatoms. The van der Waals surface area contributed by atoms with Crippen LogP contribution >= 0.6 is 0 Å². The Morgan fingerprint density at radius 3 is 2.56 bits per heavy atom. The number of nitrogens with zero attached hydrogens (tertiary/aromatic N) is 4. The van der Waals surface area contributed by atoms with Gasteiger partial charge in [0, 0.05) is 42.2 Å². The molecule has 198 valence electrons. The van der Waals surface area contributed by atoms with Crippen LogP contribution in [0.5, 0.6) is 0 Å². The highest BCUT2D eigenvalue weighted by Gasteiger charge is 2.35. The van der Waals surface area contributed by atoms with Crippen molar-refractivity contribution in [2.75, 3.05) is 11.9 Å². The Balaban J connectivity index is 1.42. The van der Waals surface area contributed by atoms with Crippen molar-refractivity contribution in [1.82, 2.24) is 24.5 Å². The first-order valence-corrected chi connectivity index (χ1v) is 12.6. The number of amides is 1. The van der Waals surface area contributed by atoms with Gasteiger partial charge in [-0.25, -0.2) is 4.98 Å². The van der Waals surface area contributed by atoms with E-state index in [-0.39, 0.29) is 22.9 Å². The van der Waals surface area contributed by atoms with Gasteiger partial charge in [-0.3, -0.25) is 13.9 Å². The monoisotopic (exact) mass is 530 g/mol. The molecule has 1 amide bonds. The molecule has 6 rings (SSSR count). The number of halogens is 3. The van der Waals surface area contributed by atoms with Gasteiger partial charge in [0.05, 0.1) is 11.3 Å². The minimum atomic E-state index is -4.60. The molecule has 3 aromatic heterocycles. The van der Waals surface area contributed by atoms with E-state index in [0.717, 1.165) is 36.6 Å². The Morgan fingerprint density at radius 2 is 1.87 bits per heavy atom. The number of rotatable bonds is 5. The molecule has 1 fully saturated rings. The van der Waals surface area contributed by atoms with Gasteiger partial charge in [0.1, 0.15) is 17.2 Å². The second kappa shape index (κ2) is 9.70. The van der Waals surface area contributed by atoms with Crippen LogP contribution in [0.15, 0.2) is 79.1 Å². The van der Waals surface area contributed by atoms with E-state index in [9.17, 15) is 18.0 Å². The summed E-state index contributed by atoms with van der Waals surface area (Å²) in [7, 11) is 1.62. The number of carbonyl (C=O) groups excluding carboxylic acids is 1. The molecule has 4 heterocycles. The molecule has 2 N–H and O–H groups in total. The Labute approximate surface area is 222 Å². The van der Waals surface area contributed by atoms with Crippen LogP contribution in [-0.4, -0.2) is 31.6 Å². The van der Waals surface area contributed by atoms with Crippen LogP contribution in [0.3, 0.4) is 0 Å². The third kappa shape index (κ3) is 4.79. The summed E-state index contributed by atoms with van der Waals surface area (Å²) in [5, 5.41) is 10.5. The fourth-order valence-corrected chi connectivity index (χ4v) is 5.05. The number of pyridine rings is 1. The quantitative estimate of drug-likeness (QED) is 0.288. The second-order valence-electron chi connectivity index (χ2n) is 9.60. The van der Waals surface area contributed by atoms with Crippen LogP contribution in [0.1, 0.15) is 40.4 Å². The predicted molar refractivity (Wildman–Crippen MR) is 142 cm³/mol. The van der Waals surface area contributed by atoms with Gasteiger partial charge in [0.2, 0.25) is 0 Å². The molecule has 1 aliphatic rings. The molecule has 39 heavy (non-hydrogen) atoms. The van der Waals surface area contributed by atoms with Crippen LogP contribution in [0, 0.1) is 0 Å². The lowest BCUT2D eigenvalue weighted by atomic mass is 10.0. The molecule has 7 nitrogen and oxygen atoms in total. The van der Waals surface area contributed by atoms with E-state index in [1.165, 1.54) is 22.9 Å². The number of hydrogen-bond donors (Lipinski definition) is 2. The number of fused-ring (bicyclic) bond motifs is 1. The summed E-state index contributed by atoms with van der Waals surface area (Å²) in [5.74, 6) is -0.118. The van der Waals surface area contributed by atoms with Gasteiger partial charge in [-0.2, -0.15) is 18.3 Å². The summed E-state index contributed by atoms with van der Waals surface area (Å²) >= 11 is 0. The average molecular weight is 531 g/mol. The Morgan fingerprint density at radius 1 is 1.05 bits per heavy atom. The van der Waals surface area contributed by atoms with Crippen LogP contribution in [0.4, 0.5) is 19.0 Å². The lowest BCUT2D eigenvalue weighted by molar-refractivity contribution is -0.137. The largest absolute Gasteiger partial charge is 0.417 e. The lowest BCUT2D eigenvalue weighted by Gasteiger charge is -2.14. The van der Waals surface area contributed by atoms with E-state index >= 15 is 0 Å². The molecule has 1 saturated heterocycles. The molecular formula is C29H25F3N6O. The van der Waals surface area contributed by atoms with Crippen molar-refractivity contribution in [3.63, 3.8) is 0 Å². The minimum Gasteiger partial charge on any atom is -0.310 e. The number of anilines is 1. The maximum Gasteiger partial charge on any atom is 0.417 e. The summed E-state index contributed by atoms with van der Waals surface area (Å²) < 4.78 is 44.6. The van der Waals surface area contributed by atoms with E-state index < -0.39 is 17.6 Å². The zero-order chi connectivity index (χ0) is 27.1. The van der Waals surface area contributed by atoms with Crippen molar-refractivity contribution in [1.29, 1.82) is 0 Å². The van der Waals surface area contributed by atoms with Crippen molar-refractivity contribution in [3.8, 4) is 22.5 Å². The van der Waals surface area contributed by atoms with Crippen molar-refractivity contribution >= 4 is 17.4 Å². The summed E-state index contributed by atoms with van der Waals surface area (Å²) in [4.78, 5) is 18.3. The van der Waals surface area contributed by atoms with Crippen LogP contribution in [0.2, 0.25) is 0 Å². The summed E-state index contributed by atoms with van der Waals surface area (Å²) in [6.07, 6.45) is 0.969. The number of hydrogen-bond acceptors (Lipinski definition) is 4. The number of alkyl halides is 3. The fourth-order valence-electron chi connectivity index (χ4n) is 5.05. The minimum absolute atomic E-state index is 0.0735. The van der Waals surface area contributed by atoms with E-state index in [0.29, 0.717) is 17.2 Å². The van der Waals surface area contributed by atoms with Gasteiger partial charge in [-0.05, 0) is 61.3 Å². The van der Waals surface area contributed by atoms with E-state index in [4.69, 9.17) is 4.98 Å². The standard InChI is InChI=1S/C29H25F3N6O/c1-37-14-12-24(36-37)21-16-20(9-10-22(21)29(30,31)32)28(39)35-27-26(18-6-3-2-4-7-18)34-25-17-19(11-15-38(25)27)23-8-5-13-33-23/h2-4,6-7,9-12,14-17,23,33H,5,8,13H2,1H3,(H,35,39)/t23-/m0/s1. The fraction of sp³-hybridized carbons (Fsp3) is 0.207. The summed E-state index contributed by atoms with van der Waals surface area (Å²) in [5.41, 5.74) is 2.34. The molecule has 5 aromatic rings. The van der Waals surface area contributed by atoms with Gasteiger partial charge < -0.3 is 10.6 Å². The number of aryl methyl sites for hydroxylation is 1. The normalized spacial score (nSPS) is 15.6. The van der Waals surface area contributed by atoms with E-state index in [1.807, 2.05) is 48.7 Å². The first kappa shape index (κ1) is 24.9. The zero-order valence-electron chi connectivity index (χ0n) is 21.0. The van der Waals surface area contributed by atoms with Gasteiger partial charge >= 0.3 is 6.18 Å². The molecular weight excluding hydrogens is 505 g/mol. The third-order valence-electron chi connectivity index (χ3n) is 6.97. The topological polar surface area (TPSA) is 76.2 Å². The van der Waals surface area contributed by atoms with Crippen LogP contribution in [-0.2, 0) is 13.2 Å². The first-order valence-electron chi connectivity index (χ1n) is 12.6. The van der Waals surface area contributed by atoms with Gasteiger partial charge in [-0.15, -0.1) is 0 Å². The van der Waals surface area contributed by atoms with E-state index in [2.05, 4.69) is 15.7 Å². The molecule has 0 bridgehead atoms. The molecule has 1 aliphatic heterocycles. The SMILES string of the molecule is Cn1ccc(-c2cc(C(=O)Nc3c(-c4ccccc4)nc4cc([C@@H]5CCCN5)ccn34)ccc2C(F)(F)F)n1. The highest BCUT2D eigenvalue weighted by Crippen LogP contribution is 2.37. The van der Waals surface area contributed by atoms with Crippen molar-refractivity contribution in [3.05, 3.63) is 95.8 Å². The van der Waals surface area contributed by atoms with Crippen LogP contribution in [0.25, 0.3) is 28.2 Å². The highest BCUT2D eigenvalue weighted by atomic mass is 19.4. The number of imidazole rings is 1. The molecule has 0 radical (unpaired) electrons. The van der Waals surface area contributed by atoms with Crippen LogP contribution < -0.4 is 10.6 Å². The molecule has 0 unspecified atom stereocenters. The molecule has 0 spiro atoms. The Kier molecular flexibility index (Phi) is 6.19. The Hall–Kier alpha value is -4.44. The third-order valence-corrected chi connectivity index (χ3v) is 6.97. The molecule has 2 aromatic carbocycles.